The minimum atomic E-state index is -1.41. The molecule has 0 saturated carbocycles. The molecule has 6 nitrogen and oxygen atoms in total. The highest BCUT2D eigenvalue weighted by Crippen LogP contribution is 2.42. The van der Waals surface area contributed by atoms with E-state index in [1.807, 2.05) is 0 Å². The van der Waals surface area contributed by atoms with Crippen LogP contribution in [0.4, 0.5) is 14.5 Å². The molecule has 8 heteroatoms. The van der Waals surface area contributed by atoms with E-state index in [1.54, 1.807) is 11.8 Å². The first-order chi connectivity index (χ1) is 13.3. The number of carbonyl (C=O) groups is 1. The Hall–Kier alpha value is -2.48. The SMILES string of the molecule is CCn1cc(C(=O)O)c(=O)c2cc(F)c(N3CCC4(CCN(C)C4)C3)c(F)c21. The second-order valence-corrected chi connectivity index (χ2v) is 8.04. The van der Waals surface area contributed by atoms with E-state index in [0.29, 0.717) is 13.1 Å². The molecule has 2 aliphatic heterocycles. The van der Waals surface area contributed by atoms with Crippen molar-refractivity contribution >= 4 is 22.6 Å². The quantitative estimate of drug-likeness (QED) is 0.871. The Morgan fingerprint density at radius 1 is 1.25 bits per heavy atom. The number of rotatable bonds is 3. The second-order valence-electron chi connectivity index (χ2n) is 8.04. The number of carboxylic acid groups (broad SMARTS) is 1. The third-order valence-electron chi connectivity index (χ3n) is 6.18. The minimum Gasteiger partial charge on any atom is -0.477 e. The van der Waals surface area contributed by atoms with Crippen molar-refractivity contribution in [1.29, 1.82) is 0 Å². The molecule has 28 heavy (non-hydrogen) atoms. The van der Waals surface area contributed by atoms with Gasteiger partial charge in [-0.05, 0) is 39.4 Å². The van der Waals surface area contributed by atoms with E-state index in [9.17, 15) is 19.1 Å². The molecule has 2 aliphatic rings. The first-order valence-electron chi connectivity index (χ1n) is 9.48. The summed E-state index contributed by atoms with van der Waals surface area (Å²) in [6.45, 7) is 4.98. The zero-order valence-corrected chi connectivity index (χ0v) is 16.0. The third kappa shape index (κ3) is 2.78. The van der Waals surface area contributed by atoms with Crippen molar-refractivity contribution in [2.75, 3.05) is 38.1 Å². The van der Waals surface area contributed by atoms with Crippen LogP contribution in [0.3, 0.4) is 0 Å². The van der Waals surface area contributed by atoms with Crippen molar-refractivity contribution in [3.63, 3.8) is 0 Å². The largest absolute Gasteiger partial charge is 0.477 e. The predicted octanol–water partition coefficient (Wildman–Crippen LogP) is 2.53. The topological polar surface area (TPSA) is 65.8 Å². The number of aryl methyl sites for hydroxylation is 1. The summed E-state index contributed by atoms with van der Waals surface area (Å²) in [5.41, 5.74) is -1.48. The molecule has 1 spiro atoms. The lowest BCUT2D eigenvalue weighted by Gasteiger charge is -2.26. The maximum Gasteiger partial charge on any atom is 0.341 e. The van der Waals surface area contributed by atoms with Crippen LogP contribution in [-0.2, 0) is 6.54 Å². The number of benzene rings is 1. The van der Waals surface area contributed by atoms with Gasteiger partial charge in [-0.25, -0.2) is 13.6 Å². The standard InChI is InChI=1S/C20H23F2N3O3/c1-3-24-9-13(19(27)28)18(26)12-8-14(21)17(15(22)16(12)24)25-7-5-20(11-25)4-6-23(2)10-20/h8-9H,3-7,10-11H2,1-2H3,(H,27,28). The molecule has 4 rings (SSSR count). The molecule has 1 aromatic heterocycles. The molecule has 150 valence electrons. The number of aromatic carboxylic acids is 1. The van der Waals surface area contributed by atoms with E-state index >= 15 is 4.39 Å². The molecule has 2 saturated heterocycles. The minimum absolute atomic E-state index is 0.0418. The number of likely N-dealkylation sites (tertiary alicyclic amines) is 1. The fourth-order valence-electron chi connectivity index (χ4n) is 4.79. The van der Waals surface area contributed by atoms with E-state index in [1.165, 1.54) is 4.57 Å². The molecular formula is C20H23F2N3O3. The highest BCUT2D eigenvalue weighted by atomic mass is 19.1. The Morgan fingerprint density at radius 2 is 1.96 bits per heavy atom. The molecule has 1 unspecified atom stereocenters. The monoisotopic (exact) mass is 391 g/mol. The van der Waals surface area contributed by atoms with Crippen molar-refractivity contribution in [3.8, 4) is 0 Å². The molecule has 0 aliphatic carbocycles. The first kappa shape index (κ1) is 18.9. The predicted molar refractivity (Wildman–Crippen MR) is 102 cm³/mol. The summed E-state index contributed by atoms with van der Waals surface area (Å²) in [6, 6.07) is 0.987. The van der Waals surface area contributed by atoms with Crippen LogP contribution in [0.15, 0.2) is 17.1 Å². The van der Waals surface area contributed by atoms with E-state index in [2.05, 4.69) is 11.9 Å². The number of aromatic nitrogens is 1. The average molecular weight is 391 g/mol. The number of hydrogen-bond donors (Lipinski definition) is 1. The number of anilines is 1. The van der Waals surface area contributed by atoms with Gasteiger partial charge in [0, 0.05) is 37.8 Å². The van der Waals surface area contributed by atoms with Crippen molar-refractivity contribution in [1.82, 2.24) is 9.47 Å². The van der Waals surface area contributed by atoms with Gasteiger partial charge in [0.2, 0.25) is 5.43 Å². The number of carboxylic acids is 1. The molecule has 1 N–H and O–H groups in total. The summed E-state index contributed by atoms with van der Waals surface area (Å²) in [6.07, 6.45) is 3.00. The van der Waals surface area contributed by atoms with Crippen LogP contribution in [0.5, 0.6) is 0 Å². The molecule has 0 bridgehead atoms. The average Bonchev–Trinajstić information content (AvgIpc) is 3.21. The third-order valence-corrected chi connectivity index (χ3v) is 6.18. The van der Waals surface area contributed by atoms with Crippen LogP contribution in [0.2, 0.25) is 0 Å². The maximum atomic E-state index is 15.5. The summed E-state index contributed by atoms with van der Waals surface area (Å²) in [7, 11) is 2.05. The Balaban J connectivity index is 1.86. The molecule has 1 aromatic carbocycles. The summed E-state index contributed by atoms with van der Waals surface area (Å²) in [5, 5.41) is 9.00. The molecule has 0 radical (unpaired) electrons. The summed E-state index contributed by atoms with van der Waals surface area (Å²) >= 11 is 0. The number of nitrogens with zero attached hydrogens (tertiary/aromatic N) is 3. The van der Waals surface area contributed by atoms with Crippen molar-refractivity contribution in [3.05, 3.63) is 39.7 Å². The smallest absolute Gasteiger partial charge is 0.341 e. The molecule has 1 atom stereocenters. The van der Waals surface area contributed by atoms with Gasteiger partial charge in [-0.1, -0.05) is 0 Å². The zero-order chi connectivity index (χ0) is 20.2. The van der Waals surface area contributed by atoms with Gasteiger partial charge in [0.05, 0.1) is 10.9 Å². The van der Waals surface area contributed by atoms with Crippen LogP contribution in [-0.4, -0.2) is 53.8 Å². The Labute approximate surface area is 161 Å². The fraction of sp³-hybridized carbons (Fsp3) is 0.500. The molecule has 2 aromatic rings. The highest BCUT2D eigenvalue weighted by molar-refractivity contribution is 5.93. The van der Waals surface area contributed by atoms with Gasteiger partial charge in [0.15, 0.2) is 5.82 Å². The van der Waals surface area contributed by atoms with Crippen LogP contribution < -0.4 is 10.3 Å². The second kappa shape index (κ2) is 6.55. The Bertz CT molecular complexity index is 1040. The summed E-state index contributed by atoms with van der Waals surface area (Å²) in [5.74, 6) is -3.03. The maximum absolute atomic E-state index is 15.5. The lowest BCUT2D eigenvalue weighted by molar-refractivity contribution is 0.0695. The van der Waals surface area contributed by atoms with Gasteiger partial charge < -0.3 is 19.5 Å². The van der Waals surface area contributed by atoms with Gasteiger partial charge in [-0.15, -0.1) is 0 Å². The van der Waals surface area contributed by atoms with Gasteiger partial charge >= 0.3 is 5.97 Å². The van der Waals surface area contributed by atoms with Crippen molar-refractivity contribution < 1.29 is 18.7 Å². The van der Waals surface area contributed by atoms with E-state index in [4.69, 9.17) is 0 Å². The lowest BCUT2D eigenvalue weighted by Crippen LogP contribution is -2.31. The first-order valence-corrected chi connectivity index (χ1v) is 9.48. The van der Waals surface area contributed by atoms with Gasteiger partial charge in [0.1, 0.15) is 17.1 Å². The molecule has 0 amide bonds. The highest BCUT2D eigenvalue weighted by Gasteiger charge is 2.43. The Morgan fingerprint density at radius 3 is 2.57 bits per heavy atom. The van der Waals surface area contributed by atoms with Gasteiger partial charge in [-0.2, -0.15) is 0 Å². The molecular weight excluding hydrogens is 368 g/mol. The van der Waals surface area contributed by atoms with Gasteiger partial charge in [-0.3, -0.25) is 4.79 Å². The fourth-order valence-corrected chi connectivity index (χ4v) is 4.79. The number of fused-ring (bicyclic) bond motifs is 1. The van der Waals surface area contributed by atoms with E-state index < -0.39 is 28.6 Å². The molecule has 3 heterocycles. The number of pyridine rings is 1. The zero-order valence-electron chi connectivity index (χ0n) is 16.0. The van der Waals surface area contributed by atoms with Crippen molar-refractivity contribution in [2.45, 2.75) is 26.3 Å². The van der Waals surface area contributed by atoms with Crippen LogP contribution in [0, 0.1) is 17.0 Å². The number of halogens is 2. The summed E-state index contributed by atoms with van der Waals surface area (Å²) in [4.78, 5) is 27.8. The Kier molecular flexibility index (Phi) is 4.41. The van der Waals surface area contributed by atoms with Crippen molar-refractivity contribution in [2.24, 2.45) is 5.41 Å². The number of hydrogen-bond acceptors (Lipinski definition) is 4. The molecule has 2 fully saturated rings. The lowest BCUT2D eigenvalue weighted by atomic mass is 9.86. The summed E-state index contributed by atoms with van der Waals surface area (Å²) < 4.78 is 31.8. The van der Waals surface area contributed by atoms with E-state index in [0.717, 1.165) is 38.2 Å². The van der Waals surface area contributed by atoms with Crippen LogP contribution in [0.25, 0.3) is 10.9 Å². The normalized spacial score (nSPS) is 22.6. The van der Waals surface area contributed by atoms with Gasteiger partial charge in [0.25, 0.3) is 0 Å². The van der Waals surface area contributed by atoms with E-state index in [-0.39, 0.29) is 28.6 Å². The van der Waals surface area contributed by atoms with Crippen LogP contribution in [0.1, 0.15) is 30.1 Å². The van der Waals surface area contributed by atoms with Crippen LogP contribution >= 0.6 is 0 Å².